The van der Waals surface area contributed by atoms with E-state index in [0.717, 1.165) is 6.07 Å². The first-order valence-corrected chi connectivity index (χ1v) is 10.9. The zero-order valence-electron chi connectivity index (χ0n) is 19.4. The molecular weight excluding hydrogens is 483 g/mol. The summed E-state index contributed by atoms with van der Waals surface area (Å²) in [6.45, 7) is 6.62. The highest BCUT2D eigenvalue weighted by molar-refractivity contribution is 6.33. The van der Waals surface area contributed by atoms with E-state index in [1.807, 2.05) is 0 Å². The summed E-state index contributed by atoms with van der Waals surface area (Å²) in [5, 5.41) is 4.93. The standard InChI is InChI=1S/C25H23ClF3N3O3/c1-14-5-8-17(13-19(14)25(27,28)29)30-22(33)18-11-12-20(32-21(18)26)15-6-9-16(10-7-15)31-23(34)35-24(2,3)4/h5-13H,1-4H3,(H,30,33)(H,31,34). The van der Waals surface area contributed by atoms with Crippen molar-refractivity contribution in [3.05, 3.63) is 76.4 Å². The monoisotopic (exact) mass is 505 g/mol. The highest BCUT2D eigenvalue weighted by Crippen LogP contribution is 2.33. The third-order valence-electron chi connectivity index (χ3n) is 4.72. The zero-order chi connectivity index (χ0) is 26.0. The molecule has 0 bridgehead atoms. The summed E-state index contributed by atoms with van der Waals surface area (Å²) in [5.41, 5.74) is 0.229. The lowest BCUT2D eigenvalue weighted by atomic mass is 10.1. The molecule has 0 saturated heterocycles. The molecule has 184 valence electrons. The van der Waals surface area contributed by atoms with Gasteiger partial charge in [0, 0.05) is 16.9 Å². The van der Waals surface area contributed by atoms with Crippen LogP contribution >= 0.6 is 11.6 Å². The molecular formula is C25H23ClF3N3O3. The molecule has 0 radical (unpaired) electrons. The highest BCUT2D eigenvalue weighted by atomic mass is 35.5. The van der Waals surface area contributed by atoms with E-state index < -0.39 is 29.3 Å². The van der Waals surface area contributed by atoms with Crippen molar-refractivity contribution in [1.29, 1.82) is 0 Å². The van der Waals surface area contributed by atoms with Gasteiger partial charge in [0.2, 0.25) is 0 Å². The quantitative estimate of drug-likeness (QED) is 0.364. The van der Waals surface area contributed by atoms with Gasteiger partial charge >= 0.3 is 12.3 Å². The minimum Gasteiger partial charge on any atom is -0.444 e. The summed E-state index contributed by atoms with van der Waals surface area (Å²) >= 11 is 6.21. The average Bonchev–Trinajstić information content (AvgIpc) is 2.73. The molecule has 0 aliphatic heterocycles. The van der Waals surface area contributed by atoms with E-state index in [4.69, 9.17) is 16.3 Å². The number of aryl methyl sites for hydroxylation is 1. The van der Waals surface area contributed by atoms with Crippen LogP contribution in [0.2, 0.25) is 5.15 Å². The van der Waals surface area contributed by atoms with Crippen molar-refractivity contribution >= 4 is 35.0 Å². The van der Waals surface area contributed by atoms with Crippen molar-refractivity contribution < 1.29 is 27.5 Å². The van der Waals surface area contributed by atoms with Crippen LogP contribution in [0.1, 0.15) is 42.3 Å². The molecule has 2 aromatic carbocycles. The number of hydrogen-bond acceptors (Lipinski definition) is 4. The van der Waals surface area contributed by atoms with Gasteiger partial charge in [-0.1, -0.05) is 29.8 Å². The second kappa shape index (κ2) is 9.95. The van der Waals surface area contributed by atoms with Crippen LogP contribution in [0.4, 0.5) is 29.3 Å². The number of alkyl halides is 3. The van der Waals surface area contributed by atoms with Crippen molar-refractivity contribution in [1.82, 2.24) is 4.98 Å². The molecule has 3 aromatic rings. The maximum absolute atomic E-state index is 13.1. The first-order valence-electron chi connectivity index (χ1n) is 10.5. The van der Waals surface area contributed by atoms with E-state index in [1.54, 1.807) is 51.1 Å². The fraction of sp³-hybridized carbons (Fsp3) is 0.240. The SMILES string of the molecule is Cc1ccc(NC(=O)c2ccc(-c3ccc(NC(=O)OC(C)(C)C)cc3)nc2Cl)cc1C(F)(F)F. The van der Waals surface area contributed by atoms with Crippen molar-refractivity contribution in [3.8, 4) is 11.3 Å². The first-order chi connectivity index (χ1) is 16.2. The van der Waals surface area contributed by atoms with Crippen molar-refractivity contribution in [2.45, 2.75) is 39.5 Å². The van der Waals surface area contributed by atoms with Gasteiger partial charge in [-0.05, 0) is 69.7 Å². The Morgan fingerprint density at radius 3 is 2.11 bits per heavy atom. The van der Waals surface area contributed by atoms with Crippen LogP contribution in [0.15, 0.2) is 54.6 Å². The number of benzene rings is 2. The third-order valence-corrected chi connectivity index (χ3v) is 5.01. The summed E-state index contributed by atoms with van der Waals surface area (Å²) in [6, 6.07) is 13.3. The van der Waals surface area contributed by atoms with Crippen LogP contribution in [0, 0.1) is 6.92 Å². The van der Waals surface area contributed by atoms with Crippen LogP contribution < -0.4 is 10.6 Å². The van der Waals surface area contributed by atoms with Gasteiger partial charge in [0.25, 0.3) is 5.91 Å². The normalized spacial score (nSPS) is 11.7. The van der Waals surface area contributed by atoms with Gasteiger partial charge in [-0.2, -0.15) is 13.2 Å². The smallest absolute Gasteiger partial charge is 0.416 e. The summed E-state index contributed by atoms with van der Waals surface area (Å²) in [7, 11) is 0. The van der Waals surface area contributed by atoms with E-state index in [9.17, 15) is 22.8 Å². The van der Waals surface area contributed by atoms with Gasteiger partial charge in [-0.3, -0.25) is 10.1 Å². The van der Waals surface area contributed by atoms with E-state index in [-0.39, 0.29) is 22.0 Å². The molecule has 2 amide bonds. The number of nitrogens with zero attached hydrogens (tertiary/aromatic N) is 1. The maximum Gasteiger partial charge on any atom is 0.416 e. The van der Waals surface area contributed by atoms with E-state index in [0.29, 0.717) is 16.9 Å². The average molecular weight is 506 g/mol. The number of anilines is 2. The number of ether oxygens (including phenoxy) is 1. The molecule has 0 aliphatic carbocycles. The summed E-state index contributed by atoms with van der Waals surface area (Å²) < 4.78 is 44.6. The fourth-order valence-corrected chi connectivity index (χ4v) is 3.35. The number of halogens is 4. The molecule has 6 nitrogen and oxygen atoms in total. The second-order valence-corrected chi connectivity index (χ2v) is 9.08. The van der Waals surface area contributed by atoms with Gasteiger partial charge in [-0.15, -0.1) is 0 Å². The van der Waals surface area contributed by atoms with Crippen LogP contribution in [0.3, 0.4) is 0 Å². The number of nitrogens with one attached hydrogen (secondary N) is 2. The number of amides is 2. The molecule has 0 fully saturated rings. The molecule has 0 unspecified atom stereocenters. The molecule has 3 rings (SSSR count). The summed E-state index contributed by atoms with van der Waals surface area (Å²) in [4.78, 5) is 28.7. The van der Waals surface area contributed by atoms with Crippen LogP contribution in [0.25, 0.3) is 11.3 Å². The molecule has 0 spiro atoms. The minimum atomic E-state index is -4.54. The maximum atomic E-state index is 13.1. The van der Waals surface area contributed by atoms with Crippen LogP contribution in [-0.2, 0) is 10.9 Å². The fourth-order valence-electron chi connectivity index (χ4n) is 3.11. The Morgan fingerprint density at radius 2 is 1.54 bits per heavy atom. The Bertz CT molecular complexity index is 1250. The molecule has 1 heterocycles. The lowest BCUT2D eigenvalue weighted by Crippen LogP contribution is -2.27. The Hall–Kier alpha value is -3.59. The Balaban J connectivity index is 1.73. The van der Waals surface area contributed by atoms with Gasteiger partial charge in [0.05, 0.1) is 16.8 Å². The third kappa shape index (κ3) is 6.95. The Morgan fingerprint density at radius 1 is 0.914 bits per heavy atom. The number of hydrogen-bond donors (Lipinski definition) is 2. The lowest BCUT2D eigenvalue weighted by molar-refractivity contribution is -0.138. The predicted octanol–water partition coefficient (Wildman–Crippen LogP) is 7.33. The van der Waals surface area contributed by atoms with Gasteiger partial charge in [-0.25, -0.2) is 9.78 Å². The van der Waals surface area contributed by atoms with Crippen molar-refractivity contribution in [3.63, 3.8) is 0 Å². The van der Waals surface area contributed by atoms with E-state index in [1.165, 1.54) is 25.1 Å². The number of rotatable bonds is 4. The predicted molar refractivity (Wildman–Crippen MR) is 129 cm³/mol. The van der Waals surface area contributed by atoms with Crippen molar-refractivity contribution in [2.75, 3.05) is 10.6 Å². The number of carbonyl (C=O) groups is 2. The number of carbonyl (C=O) groups excluding carboxylic acids is 2. The number of aromatic nitrogens is 1. The molecule has 2 N–H and O–H groups in total. The minimum absolute atomic E-state index is 0.00719. The first kappa shape index (κ1) is 26.0. The second-order valence-electron chi connectivity index (χ2n) is 8.72. The number of pyridine rings is 1. The van der Waals surface area contributed by atoms with Gasteiger partial charge < -0.3 is 10.1 Å². The molecule has 35 heavy (non-hydrogen) atoms. The zero-order valence-corrected chi connectivity index (χ0v) is 20.1. The van der Waals surface area contributed by atoms with Crippen LogP contribution in [-0.4, -0.2) is 22.6 Å². The lowest BCUT2D eigenvalue weighted by Gasteiger charge is -2.19. The molecule has 1 aromatic heterocycles. The molecule has 0 saturated carbocycles. The van der Waals surface area contributed by atoms with Gasteiger partial charge in [0.15, 0.2) is 0 Å². The van der Waals surface area contributed by atoms with Crippen LogP contribution in [0.5, 0.6) is 0 Å². The topological polar surface area (TPSA) is 80.3 Å². The van der Waals surface area contributed by atoms with Crippen molar-refractivity contribution in [2.24, 2.45) is 0 Å². The Kier molecular flexibility index (Phi) is 7.40. The molecule has 0 aliphatic rings. The molecule has 10 heteroatoms. The summed E-state index contributed by atoms with van der Waals surface area (Å²) in [6.07, 6.45) is -5.12. The highest BCUT2D eigenvalue weighted by Gasteiger charge is 2.32. The Labute approximate surface area is 205 Å². The van der Waals surface area contributed by atoms with Gasteiger partial charge in [0.1, 0.15) is 10.8 Å². The largest absolute Gasteiger partial charge is 0.444 e. The van der Waals surface area contributed by atoms with E-state index in [2.05, 4.69) is 15.6 Å². The van der Waals surface area contributed by atoms with E-state index >= 15 is 0 Å². The summed E-state index contributed by atoms with van der Waals surface area (Å²) in [5.74, 6) is -0.692. The molecule has 0 atom stereocenters.